The maximum Gasteiger partial charge on any atom is 0.356 e. The van der Waals surface area contributed by atoms with Crippen LogP contribution in [-0.4, -0.2) is 20.9 Å². The minimum atomic E-state index is -1.13. The molecule has 26 heavy (non-hydrogen) atoms. The van der Waals surface area contributed by atoms with E-state index in [1.165, 1.54) is 12.1 Å². The van der Waals surface area contributed by atoms with Crippen LogP contribution < -0.4 is 4.74 Å². The van der Waals surface area contributed by atoms with Gasteiger partial charge in [-0.2, -0.15) is 5.10 Å². The number of carbonyl (C=O) groups is 1. The Bertz CT molecular complexity index is 1040. The minimum absolute atomic E-state index is 0.0708. The van der Waals surface area contributed by atoms with Crippen LogP contribution in [0.15, 0.2) is 42.5 Å². The topological polar surface area (TPSA) is 64.3 Å². The molecule has 4 rings (SSSR count). The number of ether oxygens (including phenoxy) is 1. The summed E-state index contributed by atoms with van der Waals surface area (Å²) in [4.78, 5) is 11.8. The number of benzene rings is 2. The summed E-state index contributed by atoms with van der Waals surface area (Å²) in [5.41, 5.74) is 1.54. The van der Waals surface area contributed by atoms with Crippen molar-refractivity contribution in [2.45, 2.75) is 19.4 Å². The first-order valence-electron chi connectivity index (χ1n) is 7.89. The smallest absolute Gasteiger partial charge is 0.356 e. The van der Waals surface area contributed by atoms with Gasteiger partial charge in [0.25, 0.3) is 0 Å². The molecule has 1 aromatic heterocycles. The van der Waals surface area contributed by atoms with Crippen LogP contribution in [0.3, 0.4) is 0 Å². The Morgan fingerprint density at radius 2 is 1.92 bits per heavy atom. The quantitative estimate of drug-likeness (QED) is 0.563. The molecule has 0 aliphatic carbocycles. The van der Waals surface area contributed by atoms with Crippen molar-refractivity contribution in [3.8, 4) is 22.7 Å². The third kappa shape index (κ3) is 2.57. The van der Waals surface area contributed by atoms with Crippen molar-refractivity contribution in [2.24, 2.45) is 0 Å². The van der Waals surface area contributed by atoms with Crippen LogP contribution in [0.25, 0.3) is 16.9 Å². The van der Waals surface area contributed by atoms with Gasteiger partial charge in [-0.05, 0) is 78.9 Å². The Balaban J connectivity index is 2.09. The van der Waals surface area contributed by atoms with Gasteiger partial charge in [0.15, 0.2) is 5.69 Å². The number of hydrogen-bond donors (Lipinski definition) is 1. The van der Waals surface area contributed by atoms with Crippen LogP contribution in [0.2, 0.25) is 0 Å². The number of hydrogen-bond acceptors (Lipinski definition) is 3. The van der Waals surface area contributed by atoms with E-state index in [4.69, 9.17) is 4.74 Å². The molecule has 7 heteroatoms. The third-order valence-corrected chi connectivity index (χ3v) is 5.00. The van der Waals surface area contributed by atoms with E-state index < -0.39 is 11.6 Å². The number of carboxylic acid groups (broad SMARTS) is 1. The summed E-state index contributed by atoms with van der Waals surface area (Å²) < 4.78 is 22.0. The van der Waals surface area contributed by atoms with Crippen LogP contribution in [0.1, 0.15) is 29.9 Å². The fraction of sp³-hybridized carbons (Fsp3) is 0.158. The summed E-state index contributed by atoms with van der Waals surface area (Å²) in [6.07, 6.45) is 0. The average molecular weight is 464 g/mol. The molecule has 5 nitrogen and oxygen atoms in total. The molecule has 1 N–H and O–H groups in total. The molecule has 1 aliphatic rings. The van der Waals surface area contributed by atoms with Crippen LogP contribution >= 0.6 is 22.6 Å². The number of aromatic carboxylic acids is 1. The Morgan fingerprint density at radius 3 is 2.58 bits per heavy atom. The van der Waals surface area contributed by atoms with Gasteiger partial charge in [0.1, 0.15) is 17.2 Å². The van der Waals surface area contributed by atoms with E-state index in [1.54, 1.807) is 16.8 Å². The number of aromatic nitrogens is 2. The van der Waals surface area contributed by atoms with Crippen LogP contribution in [0.4, 0.5) is 4.39 Å². The van der Waals surface area contributed by atoms with E-state index in [2.05, 4.69) is 27.7 Å². The van der Waals surface area contributed by atoms with Crippen molar-refractivity contribution in [3.05, 3.63) is 63.1 Å². The van der Waals surface area contributed by atoms with Crippen molar-refractivity contribution < 1.29 is 19.0 Å². The molecule has 0 saturated heterocycles. The molecule has 2 aromatic carbocycles. The van der Waals surface area contributed by atoms with E-state index in [-0.39, 0.29) is 11.5 Å². The number of halogens is 2. The Kier molecular flexibility index (Phi) is 3.80. The normalized spacial score (nSPS) is 14.3. The zero-order valence-electron chi connectivity index (χ0n) is 14.0. The molecule has 0 radical (unpaired) electrons. The molecule has 0 spiro atoms. The largest absolute Gasteiger partial charge is 0.482 e. The second-order valence-electron chi connectivity index (χ2n) is 6.52. The molecule has 0 saturated carbocycles. The molecule has 0 fully saturated rings. The van der Waals surface area contributed by atoms with Crippen molar-refractivity contribution in [1.29, 1.82) is 0 Å². The molecular formula is C19H14FIN2O3. The van der Waals surface area contributed by atoms with Crippen molar-refractivity contribution in [2.75, 3.05) is 0 Å². The molecule has 0 atom stereocenters. The molecule has 3 aromatic rings. The van der Waals surface area contributed by atoms with E-state index in [9.17, 15) is 14.3 Å². The fourth-order valence-corrected chi connectivity index (χ4v) is 3.72. The first kappa shape index (κ1) is 17.0. The highest BCUT2D eigenvalue weighted by Crippen LogP contribution is 2.47. The maximum atomic E-state index is 13.3. The molecule has 132 valence electrons. The highest BCUT2D eigenvalue weighted by atomic mass is 127. The number of nitrogens with zero attached hydrogens (tertiary/aromatic N) is 2. The maximum absolute atomic E-state index is 13.3. The minimum Gasteiger partial charge on any atom is -0.482 e. The summed E-state index contributed by atoms with van der Waals surface area (Å²) >= 11 is 2.20. The lowest BCUT2D eigenvalue weighted by Crippen LogP contribution is -2.31. The second-order valence-corrected chi connectivity index (χ2v) is 7.76. The number of rotatable bonds is 2. The van der Waals surface area contributed by atoms with Gasteiger partial charge in [-0.25, -0.2) is 13.9 Å². The number of fused-ring (bicyclic) bond motifs is 3. The molecule has 0 unspecified atom stereocenters. The van der Waals surface area contributed by atoms with Gasteiger partial charge < -0.3 is 9.84 Å². The molecule has 0 amide bonds. The highest BCUT2D eigenvalue weighted by Gasteiger charge is 2.41. The van der Waals surface area contributed by atoms with Gasteiger partial charge in [-0.1, -0.05) is 0 Å². The predicted molar refractivity (Wildman–Crippen MR) is 102 cm³/mol. The molecule has 1 aliphatic heterocycles. The Hall–Kier alpha value is -2.42. The van der Waals surface area contributed by atoms with E-state index in [1.807, 2.05) is 32.0 Å². The Morgan fingerprint density at radius 1 is 1.23 bits per heavy atom. The van der Waals surface area contributed by atoms with Gasteiger partial charge in [0.05, 0.1) is 16.9 Å². The summed E-state index contributed by atoms with van der Waals surface area (Å²) in [6.45, 7) is 3.63. The van der Waals surface area contributed by atoms with E-state index >= 15 is 0 Å². The van der Waals surface area contributed by atoms with Gasteiger partial charge >= 0.3 is 5.97 Å². The first-order valence-corrected chi connectivity index (χ1v) is 8.97. The van der Waals surface area contributed by atoms with Crippen molar-refractivity contribution >= 4 is 28.6 Å². The number of carboxylic acids is 1. The molecule has 0 bridgehead atoms. The van der Waals surface area contributed by atoms with Gasteiger partial charge in [-0.3, -0.25) is 0 Å². The lowest BCUT2D eigenvalue weighted by atomic mass is 9.89. The van der Waals surface area contributed by atoms with Gasteiger partial charge in [0, 0.05) is 9.13 Å². The zero-order chi connectivity index (χ0) is 18.6. The molecule has 2 heterocycles. The van der Waals surface area contributed by atoms with Gasteiger partial charge in [0.2, 0.25) is 0 Å². The predicted octanol–water partition coefficient (Wildman–Crippen LogP) is 4.61. The Labute approximate surface area is 162 Å². The second kappa shape index (κ2) is 5.80. The van der Waals surface area contributed by atoms with Gasteiger partial charge in [-0.15, -0.1) is 0 Å². The van der Waals surface area contributed by atoms with Crippen molar-refractivity contribution in [3.63, 3.8) is 0 Å². The average Bonchev–Trinajstić information content (AvgIpc) is 2.97. The zero-order valence-corrected chi connectivity index (χ0v) is 16.1. The van der Waals surface area contributed by atoms with E-state index in [0.717, 1.165) is 9.13 Å². The van der Waals surface area contributed by atoms with Crippen LogP contribution in [0.5, 0.6) is 5.75 Å². The SMILES string of the molecule is CC1(C)Oc2cc(I)ccc2-c2c1c(C(=O)O)nn2-c1ccc(F)cc1. The standard InChI is InChI=1S/C19H14FIN2O3/c1-19(2)15-16(18(24)25)22-23(12-6-3-10(20)4-7-12)17(15)13-8-5-11(21)9-14(13)26-19/h3-9H,1-2H3,(H,24,25). The summed E-state index contributed by atoms with van der Waals surface area (Å²) in [5.74, 6) is -0.839. The summed E-state index contributed by atoms with van der Waals surface area (Å²) in [6, 6.07) is 11.5. The lowest BCUT2D eigenvalue weighted by molar-refractivity contribution is 0.0664. The third-order valence-electron chi connectivity index (χ3n) is 4.33. The van der Waals surface area contributed by atoms with Crippen LogP contribution in [-0.2, 0) is 5.60 Å². The van der Waals surface area contributed by atoms with Crippen LogP contribution in [0, 0.1) is 9.39 Å². The lowest BCUT2D eigenvalue weighted by Gasteiger charge is -2.33. The molecular weight excluding hydrogens is 450 g/mol. The highest BCUT2D eigenvalue weighted by molar-refractivity contribution is 14.1. The monoisotopic (exact) mass is 464 g/mol. The van der Waals surface area contributed by atoms with Crippen molar-refractivity contribution in [1.82, 2.24) is 9.78 Å². The summed E-state index contributed by atoms with van der Waals surface area (Å²) in [7, 11) is 0. The van der Waals surface area contributed by atoms with E-state index in [0.29, 0.717) is 22.7 Å². The summed E-state index contributed by atoms with van der Waals surface area (Å²) in [5, 5.41) is 14.0. The fourth-order valence-electron chi connectivity index (χ4n) is 3.26. The first-order chi connectivity index (χ1) is 12.3.